The quantitative estimate of drug-likeness (QED) is 0.888. The van der Waals surface area contributed by atoms with Crippen LogP contribution in [0.25, 0.3) is 10.9 Å². The molecule has 1 saturated heterocycles. The number of fused-ring (bicyclic) bond motifs is 1. The van der Waals surface area contributed by atoms with E-state index in [-0.39, 0.29) is 0 Å². The van der Waals surface area contributed by atoms with Crippen molar-refractivity contribution >= 4 is 22.7 Å². The van der Waals surface area contributed by atoms with Crippen LogP contribution in [0.4, 0.5) is 11.8 Å². The number of nitrogens with zero attached hydrogens (tertiary/aromatic N) is 4. The summed E-state index contributed by atoms with van der Waals surface area (Å²) in [6, 6.07) is 8.38. The largest absolute Gasteiger partial charge is 0.353 e. The maximum absolute atomic E-state index is 4.98. The number of para-hydroxylation sites is 1. The van der Waals surface area contributed by atoms with Gasteiger partial charge in [-0.05, 0) is 25.0 Å². The normalized spacial score (nSPS) is 15.1. The lowest BCUT2D eigenvalue weighted by atomic mass is 10.2. The Kier molecular flexibility index (Phi) is 5.28. The van der Waals surface area contributed by atoms with Gasteiger partial charge in [0.25, 0.3) is 0 Å². The van der Waals surface area contributed by atoms with Gasteiger partial charge in [0.2, 0.25) is 5.95 Å². The van der Waals surface area contributed by atoms with E-state index in [0.29, 0.717) is 0 Å². The molecule has 0 spiro atoms. The maximum Gasteiger partial charge on any atom is 0.227 e. The summed E-state index contributed by atoms with van der Waals surface area (Å²) < 4.78 is 0. The molecule has 1 aliphatic rings. The van der Waals surface area contributed by atoms with Crippen LogP contribution in [0.2, 0.25) is 0 Å². The summed E-state index contributed by atoms with van der Waals surface area (Å²) in [6.07, 6.45) is 2.22. The molecule has 1 aromatic carbocycles. The molecule has 1 aliphatic heterocycles. The number of hydrogen-bond acceptors (Lipinski definition) is 5. The van der Waals surface area contributed by atoms with Gasteiger partial charge in [0.05, 0.1) is 5.52 Å². The SMILES string of the molecule is CCCN(CCC)c1nc(N2CCNCC2)c2ccccc2n1. The molecule has 0 bridgehead atoms. The minimum Gasteiger partial charge on any atom is -0.353 e. The predicted octanol–water partition coefficient (Wildman–Crippen LogP) is 2.67. The first-order valence-electron chi connectivity index (χ1n) is 8.81. The van der Waals surface area contributed by atoms with Gasteiger partial charge < -0.3 is 15.1 Å². The van der Waals surface area contributed by atoms with Crippen molar-refractivity contribution in [3.63, 3.8) is 0 Å². The Hall–Kier alpha value is -1.88. The van der Waals surface area contributed by atoms with Crippen LogP contribution >= 0.6 is 0 Å². The van der Waals surface area contributed by atoms with E-state index in [0.717, 1.165) is 74.8 Å². The number of rotatable bonds is 6. The standard InChI is InChI=1S/C18H27N5/c1-3-11-23(12-4-2)18-20-16-8-6-5-7-15(16)17(21-18)22-13-9-19-10-14-22/h5-8,19H,3-4,9-14H2,1-2H3. The lowest BCUT2D eigenvalue weighted by Crippen LogP contribution is -2.44. The molecule has 0 saturated carbocycles. The van der Waals surface area contributed by atoms with Crippen molar-refractivity contribution in [1.29, 1.82) is 0 Å². The van der Waals surface area contributed by atoms with Crippen LogP contribution in [0.15, 0.2) is 24.3 Å². The number of nitrogens with one attached hydrogen (secondary N) is 1. The number of benzene rings is 1. The third-order valence-corrected chi connectivity index (χ3v) is 4.26. The molecule has 23 heavy (non-hydrogen) atoms. The zero-order valence-electron chi connectivity index (χ0n) is 14.3. The fraction of sp³-hybridized carbons (Fsp3) is 0.556. The van der Waals surface area contributed by atoms with E-state index in [2.05, 4.69) is 53.2 Å². The third-order valence-electron chi connectivity index (χ3n) is 4.26. The van der Waals surface area contributed by atoms with E-state index in [4.69, 9.17) is 9.97 Å². The second-order valence-electron chi connectivity index (χ2n) is 6.09. The Morgan fingerprint density at radius 2 is 1.74 bits per heavy atom. The monoisotopic (exact) mass is 313 g/mol. The molecule has 1 N–H and O–H groups in total. The summed E-state index contributed by atoms with van der Waals surface area (Å²) >= 11 is 0. The van der Waals surface area contributed by atoms with E-state index < -0.39 is 0 Å². The Balaban J connectivity index is 2.05. The highest BCUT2D eigenvalue weighted by Gasteiger charge is 2.18. The first-order valence-corrected chi connectivity index (χ1v) is 8.81. The molecule has 5 heteroatoms. The van der Waals surface area contributed by atoms with Gasteiger partial charge in [0, 0.05) is 44.7 Å². The molecule has 0 atom stereocenters. The molecule has 0 aliphatic carbocycles. The topological polar surface area (TPSA) is 44.3 Å². The van der Waals surface area contributed by atoms with Crippen LogP contribution in [0.1, 0.15) is 26.7 Å². The van der Waals surface area contributed by atoms with Gasteiger partial charge in [0.1, 0.15) is 5.82 Å². The highest BCUT2D eigenvalue weighted by atomic mass is 15.3. The number of aromatic nitrogens is 2. The van der Waals surface area contributed by atoms with Gasteiger partial charge in [-0.3, -0.25) is 0 Å². The first kappa shape index (κ1) is 16.0. The highest BCUT2D eigenvalue weighted by Crippen LogP contribution is 2.27. The zero-order valence-corrected chi connectivity index (χ0v) is 14.3. The van der Waals surface area contributed by atoms with Crippen molar-refractivity contribution in [2.45, 2.75) is 26.7 Å². The van der Waals surface area contributed by atoms with E-state index in [1.165, 1.54) is 0 Å². The Morgan fingerprint density at radius 1 is 1.04 bits per heavy atom. The van der Waals surface area contributed by atoms with E-state index in [9.17, 15) is 0 Å². The Bertz CT molecular complexity index is 630. The lowest BCUT2D eigenvalue weighted by Gasteiger charge is -2.30. The van der Waals surface area contributed by atoms with Gasteiger partial charge in [-0.2, -0.15) is 4.98 Å². The van der Waals surface area contributed by atoms with E-state index in [1.54, 1.807) is 0 Å². The molecular formula is C18H27N5. The fourth-order valence-electron chi connectivity index (χ4n) is 3.16. The molecular weight excluding hydrogens is 286 g/mol. The smallest absolute Gasteiger partial charge is 0.227 e. The van der Waals surface area contributed by atoms with E-state index in [1.807, 2.05) is 0 Å². The summed E-state index contributed by atoms with van der Waals surface area (Å²) in [7, 11) is 0. The molecule has 1 aromatic heterocycles. The number of anilines is 2. The predicted molar refractivity (Wildman–Crippen MR) is 97.4 cm³/mol. The number of piperazine rings is 1. The molecule has 124 valence electrons. The Morgan fingerprint density at radius 3 is 2.43 bits per heavy atom. The summed E-state index contributed by atoms with van der Waals surface area (Å²) in [4.78, 5) is 14.5. The lowest BCUT2D eigenvalue weighted by molar-refractivity contribution is 0.585. The van der Waals surface area contributed by atoms with Crippen LogP contribution in [-0.2, 0) is 0 Å². The summed E-state index contributed by atoms with van der Waals surface area (Å²) in [5, 5.41) is 4.57. The van der Waals surface area contributed by atoms with Gasteiger partial charge in [-0.25, -0.2) is 4.98 Å². The van der Waals surface area contributed by atoms with Crippen LogP contribution in [0.3, 0.4) is 0 Å². The molecule has 1 fully saturated rings. The van der Waals surface area contributed by atoms with Crippen molar-refractivity contribution in [2.75, 3.05) is 49.1 Å². The molecule has 0 radical (unpaired) electrons. The number of hydrogen-bond donors (Lipinski definition) is 1. The first-order chi connectivity index (χ1) is 11.3. The van der Waals surface area contributed by atoms with E-state index >= 15 is 0 Å². The average molecular weight is 313 g/mol. The van der Waals surface area contributed by atoms with Crippen molar-refractivity contribution in [3.05, 3.63) is 24.3 Å². The minimum atomic E-state index is 0.876. The van der Waals surface area contributed by atoms with Crippen LogP contribution < -0.4 is 15.1 Å². The second kappa shape index (κ2) is 7.59. The molecule has 5 nitrogen and oxygen atoms in total. The van der Waals surface area contributed by atoms with Gasteiger partial charge in [-0.1, -0.05) is 26.0 Å². The van der Waals surface area contributed by atoms with Gasteiger partial charge in [0.15, 0.2) is 0 Å². The molecule has 2 aromatic rings. The molecule has 3 rings (SSSR count). The Labute approximate surface area is 138 Å². The fourth-order valence-corrected chi connectivity index (χ4v) is 3.16. The van der Waals surface area contributed by atoms with Crippen molar-refractivity contribution in [2.24, 2.45) is 0 Å². The second-order valence-corrected chi connectivity index (χ2v) is 6.09. The van der Waals surface area contributed by atoms with Gasteiger partial charge in [-0.15, -0.1) is 0 Å². The minimum absolute atomic E-state index is 0.876. The third kappa shape index (κ3) is 3.55. The molecule has 2 heterocycles. The van der Waals surface area contributed by atoms with Crippen molar-refractivity contribution in [3.8, 4) is 0 Å². The zero-order chi connectivity index (χ0) is 16.1. The van der Waals surface area contributed by atoms with Crippen molar-refractivity contribution < 1.29 is 0 Å². The summed E-state index contributed by atoms with van der Waals surface area (Å²) in [5.74, 6) is 1.96. The summed E-state index contributed by atoms with van der Waals surface area (Å²) in [6.45, 7) is 10.5. The maximum atomic E-state index is 4.98. The van der Waals surface area contributed by atoms with Crippen LogP contribution in [0.5, 0.6) is 0 Å². The average Bonchev–Trinajstić information content (AvgIpc) is 2.61. The highest BCUT2D eigenvalue weighted by molar-refractivity contribution is 5.90. The molecule has 0 amide bonds. The molecule has 0 unspecified atom stereocenters. The van der Waals surface area contributed by atoms with Crippen LogP contribution in [0, 0.1) is 0 Å². The van der Waals surface area contributed by atoms with Crippen molar-refractivity contribution in [1.82, 2.24) is 15.3 Å². The summed E-state index contributed by atoms with van der Waals surface area (Å²) in [5.41, 5.74) is 1.04. The van der Waals surface area contributed by atoms with Crippen LogP contribution in [-0.4, -0.2) is 49.2 Å². The van der Waals surface area contributed by atoms with Gasteiger partial charge >= 0.3 is 0 Å².